The number of hydrogen-bond acceptors (Lipinski definition) is 11. The Labute approximate surface area is 332 Å². The smallest absolute Gasteiger partial charge is 0.270 e. The molecule has 4 fully saturated rings. The SMILES string of the molecule is COc1cc(-c2cn(C)c(=O)c3cnccc23)c(OC)cc1CN1CCN(C2CCC3(CC2)CCN(c2ccc(C(=O)NC4CCC(=O)NC4=O)nc2)CC3)CC1. The van der Waals surface area contributed by atoms with Crippen molar-refractivity contribution in [3.05, 3.63) is 76.7 Å². The molecule has 14 heteroatoms. The molecule has 1 unspecified atom stereocenters. The molecule has 1 aromatic carbocycles. The number of anilines is 1. The Morgan fingerprint density at radius 2 is 1.63 bits per heavy atom. The fraction of sp³-hybridized carbons (Fsp3) is 0.488. The molecule has 57 heavy (non-hydrogen) atoms. The van der Waals surface area contributed by atoms with Crippen LogP contribution >= 0.6 is 0 Å². The predicted molar refractivity (Wildman–Crippen MR) is 216 cm³/mol. The Hall–Kier alpha value is -5.34. The van der Waals surface area contributed by atoms with Gasteiger partial charge in [0.1, 0.15) is 23.2 Å². The van der Waals surface area contributed by atoms with Gasteiger partial charge in [0.2, 0.25) is 11.8 Å². The largest absolute Gasteiger partial charge is 0.496 e. The summed E-state index contributed by atoms with van der Waals surface area (Å²) in [5.74, 6) is 0.347. The topological polar surface area (TPSA) is 151 Å². The van der Waals surface area contributed by atoms with E-state index in [1.165, 1.54) is 25.7 Å². The van der Waals surface area contributed by atoms with Crippen LogP contribution in [0.25, 0.3) is 21.9 Å². The fourth-order valence-corrected chi connectivity index (χ4v) is 9.44. The average molecular weight is 777 g/mol. The number of fused-ring (bicyclic) bond motifs is 1. The minimum absolute atomic E-state index is 0.0869. The van der Waals surface area contributed by atoms with Gasteiger partial charge in [-0.3, -0.25) is 39.3 Å². The number of piperazine rings is 1. The van der Waals surface area contributed by atoms with Crippen LogP contribution < -0.4 is 30.6 Å². The van der Waals surface area contributed by atoms with Crippen molar-refractivity contribution in [1.29, 1.82) is 0 Å². The zero-order valence-electron chi connectivity index (χ0n) is 33.1. The molecule has 3 aromatic heterocycles. The average Bonchev–Trinajstić information content (AvgIpc) is 3.24. The van der Waals surface area contributed by atoms with Gasteiger partial charge in [-0.1, -0.05) is 0 Å². The Bertz CT molecular complexity index is 2200. The number of benzene rings is 1. The molecule has 300 valence electrons. The minimum Gasteiger partial charge on any atom is -0.496 e. The highest BCUT2D eigenvalue weighted by atomic mass is 16.5. The van der Waals surface area contributed by atoms with Crippen molar-refractivity contribution in [3.63, 3.8) is 0 Å². The highest BCUT2D eigenvalue weighted by molar-refractivity contribution is 6.03. The maximum atomic E-state index is 12.8. The van der Waals surface area contributed by atoms with Crippen molar-refractivity contribution in [2.45, 2.75) is 70.0 Å². The molecule has 1 aliphatic carbocycles. The summed E-state index contributed by atoms with van der Waals surface area (Å²) in [6.45, 7) is 6.80. The number of ether oxygens (including phenoxy) is 2. The summed E-state index contributed by atoms with van der Waals surface area (Å²) in [4.78, 5) is 65.2. The second-order valence-corrected chi connectivity index (χ2v) is 16.2. The molecular formula is C43H52N8O6. The van der Waals surface area contributed by atoms with Crippen molar-refractivity contribution < 1.29 is 23.9 Å². The number of carbonyl (C=O) groups is 3. The highest BCUT2D eigenvalue weighted by Gasteiger charge is 2.40. The number of carbonyl (C=O) groups excluding carboxylic acids is 3. The fourth-order valence-electron chi connectivity index (χ4n) is 9.44. The number of aryl methyl sites for hydroxylation is 1. The van der Waals surface area contributed by atoms with Gasteiger partial charge >= 0.3 is 0 Å². The van der Waals surface area contributed by atoms with E-state index in [1.807, 2.05) is 24.4 Å². The summed E-state index contributed by atoms with van der Waals surface area (Å²) in [6, 6.07) is 9.56. The summed E-state index contributed by atoms with van der Waals surface area (Å²) < 4.78 is 13.5. The van der Waals surface area contributed by atoms with Gasteiger partial charge in [0.05, 0.1) is 31.5 Å². The molecule has 1 saturated carbocycles. The second-order valence-electron chi connectivity index (χ2n) is 16.2. The Kier molecular flexibility index (Phi) is 11.0. The molecule has 3 amide bonds. The number of rotatable bonds is 9. The molecular weight excluding hydrogens is 725 g/mol. The highest BCUT2D eigenvalue weighted by Crippen LogP contribution is 2.46. The number of nitrogens with zero attached hydrogens (tertiary/aromatic N) is 6. The summed E-state index contributed by atoms with van der Waals surface area (Å²) in [6.07, 6.45) is 14.8. The van der Waals surface area contributed by atoms with Gasteiger partial charge in [-0.05, 0) is 86.1 Å². The van der Waals surface area contributed by atoms with Crippen LogP contribution in [-0.2, 0) is 23.2 Å². The van der Waals surface area contributed by atoms with E-state index >= 15 is 0 Å². The van der Waals surface area contributed by atoms with Gasteiger partial charge < -0.3 is 24.3 Å². The van der Waals surface area contributed by atoms with Crippen LogP contribution in [0.3, 0.4) is 0 Å². The molecule has 0 radical (unpaired) electrons. The third kappa shape index (κ3) is 7.97. The number of amides is 3. The maximum Gasteiger partial charge on any atom is 0.270 e. The lowest BCUT2D eigenvalue weighted by Gasteiger charge is -2.49. The normalized spacial score (nSPS) is 20.8. The van der Waals surface area contributed by atoms with E-state index in [4.69, 9.17) is 9.47 Å². The van der Waals surface area contributed by atoms with Crippen LogP contribution in [0.1, 0.15) is 67.4 Å². The number of imide groups is 1. The van der Waals surface area contributed by atoms with Crippen LogP contribution in [0.2, 0.25) is 0 Å². The molecule has 1 atom stereocenters. The molecule has 4 aliphatic rings. The Morgan fingerprint density at radius 1 is 0.877 bits per heavy atom. The van der Waals surface area contributed by atoms with Crippen LogP contribution in [0, 0.1) is 5.41 Å². The number of hydrogen-bond donors (Lipinski definition) is 2. The molecule has 4 aromatic rings. The first kappa shape index (κ1) is 38.5. The number of nitrogens with one attached hydrogen (secondary N) is 2. The second kappa shape index (κ2) is 16.3. The van der Waals surface area contributed by atoms with Gasteiger partial charge in [0, 0.05) is 101 Å². The van der Waals surface area contributed by atoms with Crippen LogP contribution in [0.5, 0.6) is 11.5 Å². The molecule has 0 bridgehead atoms. The van der Waals surface area contributed by atoms with Crippen molar-refractivity contribution in [2.24, 2.45) is 12.5 Å². The van der Waals surface area contributed by atoms with Crippen molar-refractivity contribution in [1.82, 2.24) is 35.0 Å². The summed E-state index contributed by atoms with van der Waals surface area (Å²) in [7, 11) is 5.15. The van der Waals surface area contributed by atoms with Gasteiger partial charge in [0.15, 0.2) is 0 Å². The molecule has 14 nitrogen and oxygen atoms in total. The molecule has 2 N–H and O–H groups in total. The van der Waals surface area contributed by atoms with Gasteiger partial charge in [-0.2, -0.15) is 0 Å². The third-order valence-electron chi connectivity index (χ3n) is 12.9. The summed E-state index contributed by atoms with van der Waals surface area (Å²) in [5.41, 5.74) is 4.42. The quantitative estimate of drug-likeness (QED) is 0.239. The first-order valence-electron chi connectivity index (χ1n) is 20.1. The van der Waals surface area contributed by atoms with Gasteiger partial charge in [0.25, 0.3) is 11.5 Å². The Morgan fingerprint density at radius 3 is 2.32 bits per heavy atom. The van der Waals surface area contributed by atoms with Crippen LogP contribution in [-0.4, -0.2) is 108 Å². The van der Waals surface area contributed by atoms with Crippen molar-refractivity contribution in [3.8, 4) is 22.6 Å². The van der Waals surface area contributed by atoms with E-state index < -0.39 is 17.9 Å². The first-order chi connectivity index (χ1) is 27.6. The van der Waals surface area contributed by atoms with Gasteiger partial charge in [-0.25, -0.2) is 4.98 Å². The maximum absolute atomic E-state index is 12.8. The molecule has 3 saturated heterocycles. The zero-order valence-corrected chi connectivity index (χ0v) is 33.1. The van der Waals surface area contributed by atoms with E-state index in [-0.39, 0.29) is 23.6 Å². The molecule has 3 aliphatic heterocycles. The third-order valence-corrected chi connectivity index (χ3v) is 12.9. The first-order valence-corrected chi connectivity index (χ1v) is 20.1. The van der Waals surface area contributed by atoms with Crippen LogP contribution in [0.4, 0.5) is 5.69 Å². The lowest BCUT2D eigenvalue weighted by Crippen LogP contribution is -2.52. The molecule has 1 spiro atoms. The monoisotopic (exact) mass is 776 g/mol. The van der Waals surface area contributed by atoms with Crippen molar-refractivity contribution >= 4 is 34.2 Å². The number of aromatic nitrogens is 3. The summed E-state index contributed by atoms with van der Waals surface area (Å²) in [5, 5.41) is 6.36. The van der Waals surface area contributed by atoms with E-state index in [2.05, 4.69) is 41.4 Å². The van der Waals surface area contributed by atoms with E-state index in [9.17, 15) is 19.2 Å². The Balaban J connectivity index is 0.821. The minimum atomic E-state index is -0.721. The van der Waals surface area contributed by atoms with E-state index in [1.54, 1.807) is 50.5 Å². The number of methoxy groups -OCH3 is 2. The van der Waals surface area contributed by atoms with Gasteiger partial charge in [-0.15, -0.1) is 0 Å². The van der Waals surface area contributed by atoms with E-state index in [0.29, 0.717) is 23.3 Å². The molecule has 8 rings (SSSR count). The predicted octanol–water partition coefficient (Wildman–Crippen LogP) is 3.89. The molecule has 6 heterocycles. The standard InChI is InChI=1S/C43H52N8O6/c1-48-27-34(31-10-15-44-25-33(31)42(48)55)32-23-37(56-2)28(22-38(32)57-3)26-49-18-20-51(21-19-49)29-8-11-43(12-9-29)13-16-50(17-14-43)30-4-5-35(45-24-30)40(53)46-36-6-7-39(52)47-41(36)54/h4-5,10,15,22-25,27,29,36H,6-9,11-14,16-21,26H2,1-3H3,(H,46,53)(H,47,52,54). The lowest BCUT2D eigenvalue weighted by molar-refractivity contribution is -0.134. The number of piperidine rings is 2. The van der Waals surface area contributed by atoms with E-state index in [0.717, 1.165) is 97.9 Å². The van der Waals surface area contributed by atoms with Crippen molar-refractivity contribution in [2.75, 3.05) is 58.4 Å². The number of pyridine rings is 3. The lowest BCUT2D eigenvalue weighted by atomic mass is 9.66. The van der Waals surface area contributed by atoms with Crippen LogP contribution in [0.15, 0.2) is 59.9 Å². The zero-order chi connectivity index (χ0) is 39.7. The summed E-state index contributed by atoms with van der Waals surface area (Å²) >= 11 is 0.